The first kappa shape index (κ1) is 22.5. The van der Waals surface area contributed by atoms with Gasteiger partial charge in [0.15, 0.2) is 0 Å². The lowest BCUT2D eigenvalue weighted by Gasteiger charge is -2.35. The van der Waals surface area contributed by atoms with Crippen molar-refractivity contribution in [1.29, 1.82) is 0 Å². The molecule has 0 spiro atoms. The van der Waals surface area contributed by atoms with Crippen LogP contribution in [0.2, 0.25) is 0 Å². The van der Waals surface area contributed by atoms with E-state index in [9.17, 15) is 0 Å². The molecule has 1 aliphatic rings. The molecule has 1 aliphatic heterocycles. The molecule has 1 N–H and O–H groups in total. The van der Waals surface area contributed by atoms with Crippen LogP contribution >= 0.6 is 24.8 Å². The van der Waals surface area contributed by atoms with Gasteiger partial charge in [0.25, 0.3) is 0 Å². The highest BCUT2D eigenvalue weighted by Gasteiger charge is 2.23. The molecule has 3 rings (SSSR count). The maximum Gasteiger partial charge on any atom is 0.124 e. The summed E-state index contributed by atoms with van der Waals surface area (Å²) in [5.41, 5.74) is 2.45. The third-order valence-corrected chi connectivity index (χ3v) is 4.50. The molecule has 1 heterocycles. The van der Waals surface area contributed by atoms with E-state index in [1.165, 1.54) is 11.1 Å². The topological polar surface area (TPSA) is 24.5 Å². The van der Waals surface area contributed by atoms with Crippen molar-refractivity contribution in [2.45, 2.75) is 19.1 Å². The third kappa shape index (κ3) is 6.03. The van der Waals surface area contributed by atoms with Crippen molar-refractivity contribution in [1.82, 2.24) is 10.2 Å². The number of hydrogen-bond acceptors (Lipinski definition) is 3. The highest BCUT2D eigenvalue weighted by atomic mass is 35.5. The Morgan fingerprint density at radius 1 is 1.00 bits per heavy atom. The average molecular weight is 395 g/mol. The molecular formula is C21H28Cl2N2O. The highest BCUT2D eigenvalue weighted by Crippen LogP contribution is 2.32. The van der Waals surface area contributed by atoms with Crippen LogP contribution in [-0.4, -0.2) is 31.1 Å². The normalized spacial score (nSPS) is 15.2. The van der Waals surface area contributed by atoms with E-state index in [0.29, 0.717) is 12.6 Å². The lowest BCUT2D eigenvalue weighted by molar-refractivity contribution is 0.169. The summed E-state index contributed by atoms with van der Waals surface area (Å²) < 4.78 is 6.16. The fourth-order valence-corrected chi connectivity index (χ4v) is 3.25. The van der Waals surface area contributed by atoms with Crippen molar-refractivity contribution in [3.63, 3.8) is 0 Å². The van der Waals surface area contributed by atoms with E-state index in [-0.39, 0.29) is 24.8 Å². The van der Waals surface area contributed by atoms with Gasteiger partial charge in [-0.25, -0.2) is 0 Å². The van der Waals surface area contributed by atoms with E-state index >= 15 is 0 Å². The van der Waals surface area contributed by atoms with Crippen molar-refractivity contribution in [3.8, 4) is 5.75 Å². The Bertz CT molecular complexity index is 645. The fourth-order valence-electron chi connectivity index (χ4n) is 3.25. The molecule has 142 valence electrons. The number of nitrogens with zero attached hydrogens (tertiary/aromatic N) is 1. The van der Waals surface area contributed by atoms with Crippen LogP contribution in [-0.2, 0) is 6.61 Å². The van der Waals surface area contributed by atoms with Crippen LogP contribution in [0.5, 0.6) is 5.75 Å². The molecule has 1 atom stereocenters. The van der Waals surface area contributed by atoms with Crippen molar-refractivity contribution >= 4 is 24.8 Å². The molecule has 0 aliphatic carbocycles. The van der Waals surface area contributed by atoms with Gasteiger partial charge in [-0.2, -0.15) is 0 Å². The van der Waals surface area contributed by atoms with Crippen molar-refractivity contribution in [2.24, 2.45) is 0 Å². The molecule has 2 aromatic carbocycles. The zero-order valence-electron chi connectivity index (χ0n) is 15.0. The Morgan fingerprint density at radius 2 is 1.65 bits per heavy atom. The number of benzene rings is 2. The molecule has 1 saturated heterocycles. The lowest BCUT2D eigenvalue weighted by Crippen LogP contribution is -2.45. The largest absolute Gasteiger partial charge is 0.489 e. The SMILES string of the molecule is C=CC[C@@H](c1ccccc1OCc1ccccc1)N1CCNCC1.Cl.Cl. The molecular weight excluding hydrogens is 367 g/mol. The number of para-hydroxylation sites is 1. The van der Waals surface area contributed by atoms with Gasteiger partial charge >= 0.3 is 0 Å². The molecule has 0 radical (unpaired) electrons. The molecule has 0 aromatic heterocycles. The molecule has 0 unspecified atom stereocenters. The molecule has 1 fully saturated rings. The zero-order chi connectivity index (χ0) is 16.6. The van der Waals surface area contributed by atoms with Crippen molar-refractivity contribution in [2.75, 3.05) is 26.2 Å². The number of nitrogens with one attached hydrogen (secondary N) is 1. The molecule has 0 saturated carbocycles. The average Bonchev–Trinajstić information content (AvgIpc) is 2.66. The van der Waals surface area contributed by atoms with Crippen LogP contribution in [0.15, 0.2) is 67.3 Å². The van der Waals surface area contributed by atoms with Crippen LogP contribution in [0.3, 0.4) is 0 Å². The predicted molar refractivity (Wildman–Crippen MR) is 114 cm³/mol. The van der Waals surface area contributed by atoms with Gasteiger partial charge in [-0.3, -0.25) is 4.90 Å². The zero-order valence-corrected chi connectivity index (χ0v) is 16.6. The van der Waals surface area contributed by atoms with E-state index in [1.54, 1.807) is 0 Å². The third-order valence-electron chi connectivity index (χ3n) is 4.50. The number of halogens is 2. The maximum atomic E-state index is 6.16. The summed E-state index contributed by atoms with van der Waals surface area (Å²) in [6.45, 7) is 8.77. The monoisotopic (exact) mass is 394 g/mol. The van der Waals surface area contributed by atoms with Crippen LogP contribution in [0.25, 0.3) is 0 Å². The lowest BCUT2D eigenvalue weighted by atomic mass is 10.00. The summed E-state index contributed by atoms with van der Waals surface area (Å²) in [7, 11) is 0. The van der Waals surface area contributed by atoms with E-state index < -0.39 is 0 Å². The van der Waals surface area contributed by atoms with Crippen LogP contribution in [0.1, 0.15) is 23.6 Å². The Hall–Kier alpha value is -1.52. The van der Waals surface area contributed by atoms with Crippen molar-refractivity contribution < 1.29 is 4.74 Å². The number of ether oxygens (including phenoxy) is 1. The minimum atomic E-state index is 0. The summed E-state index contributed by atoms with van der Waals surface area (Å²) >= 11 is 0. The first-order chi connectivity index (χ1) is 11.9. The number of hydrogen-bond donors (Lipinski definition) is 1. The fraction of sp³-hybridized carbons (Fsp3) is 0.333. The standard InChI is InChI=1S/C21H26N2O.2ClH/c1-2-8-20(23-15-13-22-14-16-23)19-11-6-7-12-21(19)24-17-18-9-4-3-5-10-18;;/h2-7,9-12,20,22H,1,8,13-17H2;2*1H/t20-;;/m0../s1. The Balaban J connectivity index is 0.00000169. The molecule has 2 aromatic rings. The summed E-state index contributed by atoms with van der Waals surface area (Å²) in [5.74, 6) is 0.978. The van der Waals surface area contributed by atoms with E-state index in [1.807, 2.05) is 30.3 Å². The van der Waals surface area contributed by atoms with Gasteiger partial charge in [0.2, 0.25) is 0 Å². The summed E-state index contributed by atoms with van der Waals surface area (Å²) in [6.07, 6.45) is 2.95. The molecule has 0 bridgehead atoms. The minimum Gasteiger partial charge on any atom is -0.489 e. The summed E-state index contributed by atoms with van der Waals surface area (Å²) in [4.78, 5) is 2.53. The van der Waals surface area contributed by atoms with Crippen molar-refractivity contribution in [3.05, 3.63) is 78.4 Å². The van der Waals surface area contributed by atoms with Crippen LogP contribution in [0, 0.1) is 0 Å². The molecule has 0 amide bonds. The smallest absolute Gasteiger partial charge is 0.124 e. The second-order valence-corrected chi connectivity index (χ2v) is 6.14. The minimum absolute atomic E-state index is 0. The first-order valence-electron chi connectivity index (χ1n) is 8.70. The van der Waals surface area contributed by atoms with Gasteiger partial charge in [0.1, 0.15) is 12.4 Å². The summed E-state index contributed by atoms with van der Waals surface area (Å²) in [6, 6.07) is 19.1. The van der Waals surface area contributed by atoms with Gasteiger partial charge in [0.05, 0.1) is 0 Å². The molecule has 3 nitrogen and oxygen atoms in total. The predicted octanol–water partition coefficient (Wildman–Crippen LogP) is 4.63. The van der Waals surface area contributed by atoms with Gasteiger partial charge < -0.3 is 10.1 Å². The van der Waals surface area contributed by atoms with Gasteiger partial charge in [-0.15, -0.1) is 31.4 Å². The van der Waals surface area contributed by atoms with E-state index in [2.05, 4.69) is 47.1 Å². The van der Waals surface area contributed by atoms with Gasteiger partial charge in [-0.05, 0) is 18.1 Å². The van der Waals surface area contributed by atoms with E-state index in [0.717, 1.165) is 38.3 Å². The quantitative estimate of drug-likeness (QED) is 0.692. The Labute approximate surface area is 169 Å². The van der Waals surface area contributed by atoms with Gasteiger partial charge in [-0.1, -0.05) is 54.6 Å². The second-order valence-electron chi connectivity index (χ2n) is 6.14. The molecule has 26 heavy (non-hydrogen) atoms. The Morgan fingerprint density at radius 3 is 2.35 bits per heavy atom. The molecule has 5 heteroatoms. The number of rotatable bonds is 7. The van der Waals surface area contributed by atoms with E-state index in [4.69, 9.17) is 4.74 Å². The second kappa shape index (κ2) is 12.0. The first-order valence-corrected chi connectivity index (χ1v) is 8.70. The van der Waals surface area contributed by atoms with Crippen LogP contribution in [0.4, 0.5) is 0 Å². The van der Waals surface area contributed by atoms with Gasteiger partial charge in [0, 0.05) is 37.8 Å². The maximum absolute atomic E-state index is 6.16. The highest BCUT2D eigenvalue weighted by molar-refractivity contribution is 5.85. The van der Waals surface area contributed by atoms with Crippen LogP contribution < -0.4 is 10.1 Å². The number of piperazine rings is 1. The Kier molecular flexibility index (Phi) is 10.4. The summed E-state index contributed by atoms with van der Waals surface area (Å²) in [5, 5.41) is 3.43.